The summed E-state index contributed by atoms with van der Waals surface area (Å²) in [7, 11) is -1.86. The number of aromatic nitrogens is 2. The molecule has 0 radical (unpaired) electrons. The number of carbonyl (C=O) groups is 1. The van der Waals surface area contributed by atoms with Gasteiger partial charge in [0, 0.05) is 38.3 Å². The van der Waals surface area contributed by atoms with Crippen LogP contribution in [-0.4, -0.2) is 48.0 Å². The van der Waals surface area contributed by atoms with E-state index in [0.29, 0.717) is 36.1 Å². The number of sulfonamides is 1. The van der Waals surface area contributed by atoms with Crippen molar-refractivity contribution in [2.24, 2.45) is 18.4 Å². The molecule has 1 aromatic carbocycles. The highest BCUT2D eigenvalue weighted by atomic mass is 35.5. The maximum atomic E-state index is 12.8. The summed E-state index contributed by atoms with van der Waals surface area (Å²) in [6.07, 6.45) is 6.16. The first-order valence-electron chi connectivity index (χ1n) is 9.72. The number of rotatable bonds is 7. The minimum Gasteiger partial charge on any atom is -0.351 e. The highest BCUT2D eigenvalue weighted by Crippen LogP contribution is 2.46. The predicted octanol–water partition coefficient (Wildman–Crippen LogP) is 2.60. The van der Waals surface area contributed by atoms with E-state index in [0.717, 1.165) is 12.0 Å². The Bertz CT molecular complexity index is 1040. The van der Waals surface area contributed by atoms with E-state index in [1.165, 1.54) is 34.2 Å². The number of aryl methyl sites for hydroxylation is 2. The third-order valence-corrected chi connectivity index (χ3v) is 7.81. The number of benzene rings is 1. The third kappa shape index (κ3) is 4.20. The van der Waals surface area contributed by atoms with Crippen molar-refractivity contribution in [3.63, 3.8) is 0 Å². The first-order valence-corrected chi connectivity index (χ1v) is 11.5. The Hall–Kier alpha value is -1.90. The maximum absolute atomic E-state index is 12.8. The van der Waals surface area contributed by atoms with Crippen LogP contribution in [0.5, 0.6) is 0 Å². The van der Waals surface area contributed by atoms with E-state index >= 15 is 0 Å². The van der Waals surface area contributed by atoms with Crippen molar-refractivity contribution in [1.82, 2.24) is 19.4 Å². The molecule has 156 valence electrons. The molecular formula is C20H25ClN4O3S. The second-order valence-corrected chi connectivity index (χ2v) is 10.8. The lowest BCUT2D eigenvalue weighted by Crippen LogP contribution is -2.62. The summed E-state index contributed by atoms with van der Waals surface area (Å²) in [5.41, 5.74) is 1.20. The lowest BCUT2D eigenvalue weighted by molar-refractivity contribution is 0.0507. The van der Waals surface area contributed by atoms with Crippen LogP contribution in [0.3, 0.4) is 0 Å². The van der Waals surface area contributed by atoms with Crippen LogP contribution in [0.2, 0.25) is 5.02 Å². The molecule has 1 saturated carbocycles. The first-order chi connectivity index (χ1) is 13.7. The second-order valence-electron chi connectivity index (χ2n) is 8.44. The van der Waals surface area contributed by atoms with Crippen LogP contribution >= 0.6 is 11.6 Å². The molecular weight excluding hydrogens is 412 g/mol. The summed E-state index contributed by atoms with van der Waals surface area (Å²) < 4.78 is 28.6. The molecule has 1 amide bonds. The number of halogens is 1. The van der Waals surface area contributed by atoms with E-state index in [1.54, 1.807) is 19.2 Å². The average molecular weight is 437 g/mol. The van der Waals surface area contributed by atoms with Gasteiger partial charge < -0.3 is 5.32 Å². The van der Waals surface area contributed by atoms with Gasteiger partial charge in [0.25, 0.3) is 5.91 Å². The van der Waals surface area contributed by atoms with Gasteiger partial charge in [0.15, 0.2) is 0 Å². The average Bonchev–Trinajstić information content (AvgIpc) is 3.33. The molecule has 2 aliphatic rings. The Labute approximate surface area is 176 Å². The Balaban J connectivity index is 1.44. The minimum absolute atomic E-state index is 0.204. The Morgan fingerprint density at radius 3 is 2.66 bits per heavy atom. The van der Waals surface area contributed by atoms with Gasteiger partial charge in [-0.15, -0.1) is 0 Å². The van der Waals surface area contributed by atoms with Crippen molar-refractivity contribution in [2.45, 2.75) is 31.1 Å². The fourth-order valence-corrected chi connectivity index (χ4v) is 5.94. The molecule has 0 unspecified atom stereocenters. The second kappa shape index (κ2) is 7.41. The molecule has 2 heterocycles. The molecule has 1 aromatic heterocycles. The molecule has 2 fully saturated rings. The molecule has 1 saturated heterocycles. The molecule has 1 aliphatic heterocycles. The van der Waals surface area contributed by atoms with Crippen LogP contribution in [0.4, 0.5) is 0 Å². The van der Waals surface area contributed by atoms with Crippen molar-refractivity contribution in [3.8, 4) is 0 Å². The Morgan fingerprint density at radius 1 is 1.34 bits per heavy atom. The van der Waals surface area contributed by atoms with Gasteiger partial charge in [-0.05, 0) is 37.0 Å². The SMILES string of the molecule is Cc1ccc(C(=O)NCC2(CC3CC3)CN(S(=O)(=O)c3cnn(C)c3)C2)c(Cl)c1. The van der Waals surface area contributed by atoms with E-state index in [1.807, 2.05) is 13.0 Å². The van der Waals surface area contributed by atoms with Gasteiger partial charge in [0.2, 0.25) is 10.0 Å². The van der Waals surface area contributed by atoms with Crippen LogP contribution in [0, 0.1) is 18.3 Å². The standard InChI is InChI=1S/C20H25ClN4O3S/c1-14-3-6-17(18(21)7-14)19(26)22-11-20(8-15-4-5-15)12-25(13-20)29(27,28)16-9-23-24(2)10-16/h3,6-7,9-10,15H,4-5,8,11-13H2,1-2H3,(H,22,26). The zero-order chi connectivity index (χ0) is 20.8. The quantitative estimate of drug-likeness (QED) is 0.723. The van der Waals surface area contributed by atoms with Crippen molar-refractivity contribution in [2.75, 3.05) is 19.6 Å². The molecule has 2 aromatic rings. The summed E-state index contributed by atoms with van der Waals surface area (Å²) in [5.74, 6) is 0.400. The molecule has 29 heavy (non-hydrogen) atoms. The van der Waals surface area contributed by atoms with E-state index in [-0.39, 0.29) is 16.2 Å². The van der Waals surface area contributed by atoms with Gasteiger partial charge in [0.1, 0.15) is 4.90 Å². The van der Waals surface area contributed by atoms with Crippen LogP contribution in [0.25, 0.3) is 0 Å². The smallest absolute Gasteiger partial charge is 0.252 e. The van der Waals surface area contributed by atoms with Gasteiger partial charge in [0.05, 0.1) is 16.8 Å². The van der Waals surface area contributed by atoms with Gasteiger partial charge in [-0.25, -0.2) is 8.42 Å². The number of hydrogen-bond donors (Lipinski definition) is 1. The van der Waals surface area contributed by atoms with E-state index < -0.39 is 10.0 Å². The van der Waals surface area contributed by atoms with E-state index in [4.69, 9.17) is 11.6 Å². The number of carbonyl (C=O) groups excluding carboxylic acids is 1. The Morgan fingerprint density at radius 2 is 2.07 bits per heavy atom. The molecule has 0 bridgehead atoms. The van der Waals surface area contributed by atoms with E-state index in [2.05, 4.69) is 10.4 Å². The summed E-state index contributed by atoms with van der Waals surface area (Å²) in [5, 5.41) is 7.38. The zero-order valence-electron chi connectivity index (χ0n) is 16.6. The fraction of sp³-hybridized carbons (Fsp3) is 0.500. The number of amides is 1. The van der Waals surface area contributed by atoms with Gasteiger partial charge in [-0.2, -0.15) is 9.40 Å². The zero-order valence-corrected chi connectivity index (χ0v) is 18.1. The number of hydrogen-bond acceptors (Lipinski definition) is 4. The maximum Gasteiger partial charge on any atom is 0.252 e. The monoisotopic (exact) mass is 436 g/mol. The van der Waals surface area contributed by atoms with Crippen molar-refractivity contribution >= 4 is 27.5 Å². The highest BCUT2D eigenvalue weighted by Gasteiger charge is 2.50. The summed E-state index contributed by atoms with van der Waals surface area (Å²) >= 11 is 6.21. The fourth-order valence-electron chi connectivity index (χ4n) is 3.97. The molecule has 7 nitrogen and oxygen atoms in total. The normalized spacial score (nSPS) is 19.0. The van der Waals surface area contributed by atoms with Crippen molar-refractivity contribution < 1.29 is 13.2 Å². The molecule has 9 heteroatoms. The lowest BCUT2D eigenvalue weighted by atomic mass is 9.76. The lowest BCUT2D eigenvalue weighted by Gasteiger charge is -2.49. The molecule has 4 rings (SSSR count). The van der Waals surface area contributed by atoms with E-state index in [9.17, 15) is 13.2 Å². The highest BCUT2D eigenvalue weighted by molar-refractivity contribution is 7.89. The summed E-state index contributed by atoms with van der Waals surface area (Å²) in [6, 6.07) is 5.34. The summed E-state index contributed by atoms with van der Waals surface area (Å²) in [6.45, 7) is 3.17. The van der Waals surface area contributed by atoms with Gasteiger partial charge in [-0.1, -0.05) is 30.5 Å². The van der Waals surface area contributed by atoms with Crippen LogP contribution in [0.1, 0.15) is 35.2 Å². The molecule has 0 atom stereocenters. The number of nitrogens with zero attached hydrogens (tertiary/aromatic N) is 3. The number of nitrogens with one attached hydrogen (secondary N) is 1. The topological polar surface area (TPSA) is 84.3 Å². The summed E-state index contributed by atoms with van der Waals surface area (Å²) in [4.78, 5) is 12.8. The third-order valence-electron chi connectivity index (χ3n) is 5.75. The van der Waals surface area contributed by atoms with Crippen molar-refractivity contribution in [1.29, 1.82) is 0 Å². The largest absolute Gasteiger partial charge is 0.351 e. The molecule has 1 N–H and O–H groups in total. The van der Waals surface area contributed by atoms with Gasteiger partial charge in [-0.3, -0.25) is 9.48 Å². The van der Waals surface area contributed by atoms with Crippen LogP contribution in [0.15, 0.2) is 35.5 Å². The van der Waals surface area contributed by atoms with Crippen LogP contribution < -0.4 is 5.32 Å². The van der Waals surface area contributed by atoms with Crippen molar-refractivity contribution in [3.05, 3.63) is 46.7 Å². The Kier molecular flexibility index (Phi) is 5.21. The molecule has 0 spiro atoms. The minimum atomic E-state index is -3.55. The van der Waals surface area contributed by atoms with Gasteiger partial charge >= 0.3 is 0 Å². The first kappa shape index (κ1) is 20.4. The predicted molar refractivity (Wildman–Crippen MR) is 110 cm³/mol. The molecule has 1 aliphatic carbocycles. The van der Waals surface area contributed by atoms with Crippen LogP contribution in [-0.2, 0) is 17.1 Å².